The molecule has 3 aromatic rings. The average Bonchev–Trinajstić information content (AvgIpc) is 2.75. The second-order valence-electron chi connectivity index (χ2n) is 3.50. The molecule has 1 aromatic carbocycles. The van der Waals surface area contributed by atoms with Crippen LogP contribution < -0.4 is 5.73 Å². The fourth-order valence-corrected chi connectivity index (χ4v) is 2.84. The van der Waals surface area contributed by atoms with E-state index in [-0.39, 0.29) is 0 Å². The van der Waals surface area contributed by atoms with Crippen LogP contribution in [0.25, 0.3) is 20.4 Å². The average molecular weight is 217 g/mol. The summed E-state index contributed by atoms with van der Waals surface area (Å²) in [5, 5.41) is 1.26. The molecule has 0 aliphatic carbocycles. The van der Waals surface area contributed by atoms with Crippen LogP contribution in [0.1, 0.15) is 5.82 Å². The fourth-order valence-electron chi connectivity index (χ4n) is 1.78. The SMILES string of the molecule is NCCc1nc2sc3ccccc3c2[nH]1. The van der Waals surface area contributed by atoms with E-state index in [1.54, 1.807) is 11.3 Å². The molecule has 3 nitrogen and oxygen atoms in total. The molecule has 0 aliphatic heterocycles. The second-order valence-corrected chi connectivity index (χ2v) is 4.53. The molecule has 0 aliphatic rings. The van der Waals surface area contributed by atoms with Gasteiger partial charge < -0.3 is 10.7 Å². The topological polar surface area (TPSA) is 54.7 Å². The first kappa shape index (κ1) is 8.88. The van der Waals surface area contributed by atoms with Crippen molar-refractivity contribution < 1.29 is 0 Å². The van der Waals surface area contributed by atoms with Crippen molar-refractivity contribution in [2.75, 3.05) is 6.54 Å². The van der Waals surface area contributed by atoms with Gasteiger partial charge in [0.1, 0.15) is 10.7 Å². The highest BCUT2D eigenvalue weighted by Crippen LogP contribution is 2.31. The molecular weight excluding hydrogens is 206 g/mol. The second kappa shape index (κ2) is 3.32. The highest BCUT2D eigenvalue weighted by atomic mass is 32.1. The Bertz CT molecular complexity index is 608. The van der Waals surface area contributed by atoms with Crippen LogP contribution in [0.5, 0.6) is 0 Å². The van der Waals surface area contributed by atoms with E-state index in [1.165, 1.54) is 10.1 Å². The number of imidazole rings is 1. The van der Waals surface area contributed by atoms with Gasteiger partial charge in [-0.05, 0) is 12.6 Å². The van der Waals surface area contributed by atoms with Crippen LogP contribution in [0.2, 0.25) is 0 Å². The highest BCUT2D eigenvalue weighted by molar-refractivity contribution is 7.25. The first-order chi connectivity index (χ1) is 7.38. The number of aromatic amines is 1. The third-order valence-corrected chi connectivity index (χ3v) is 3.53. The third kappa shape index (κ3) is 1.33. The number of rotatable bonds is 2. The Labute approximate surface area is 90.9 Å². The molecule has 2 aromatic heterocycles. The van der Waals surface area contributed by atoms with Crippen LogP contribution >= 0.6 is 11.3 Å². The van der Waals surface area contributed by atoms with Crippen molar-refractivity contribution in [2.45, 2.75) is 6.42 Å². The minimum Gasteiger partial charge on any atom is -0.341 e. The minimum absolute atomic E-state index is 0.638. The number of benzene rings is 1. The largest absolute Gasteiger partial charge is 0.341 e. The fraction of sp³-hybridized carbons (Fsp3) is 0.182. The van der Waals surface area contributed by atoms with Gasteiger partial charge in [0.05, 0.1) is 5.52 Å². The lowest BCUT2D eigenvalue weighted by atomic mass is 10.2. The molecule has 3 rings (SSSR count). The molecule has 0 saturated heterocycles. The molecule has 0 radical (unpaired) electrons. The normalized spacial score (nSPS) is 11.5. The molecule has 0 bridgehead atoms. The quantitative estimate of drug-likeness (QED) is 0.692. The predicted octanol–water partition coefficient (Wildman–Crippen LogP) is 2.28. The van der Waals surface area contributed by atoms with Gasteiger partial charge >= 0.3 is 0 Å². The van der Waals surface area contributed by atoms with Gasteiger partial charge in [-0.3, -0.25) is 0 Å². The maximum atomic E-state index is 5.51. The van der Waals surface area contributed by atoms with E-state index < -0.39 is 0 Å². The predicted molar refractivity (Wildman–Crippen MR) is 64.2 cm³/mol. The number of hydrogen-bond acceptors (Lipinski definition) is 3. The molecule has 0 saturated carbocycles. The summed E-state index contributed by atoms with van der Waals surface area (Å²) >= 11 is 1.73. The van der Waals surface area contributed by atoms with E-state index in [9.17, 15) is 0 Å². The summed E-state index contributed by atoms with van der Waals surface area (Å²) in [5.74, 6) is 0.990. The van der Waals surface area contributed by atoms with Crippen molar-refractivity contribution >= 4 is 31.8 Å². The lowest BCUT2D eigenvalue weighted by Crippen LogP contribution is -2.03. The Balaban J connectivity index is 2.28. The van der Waals surface area contributed by atoms with Crippen molar-refractivity contribution in [3.05, 3.63) is 30.1 Å². The molecule has 3 N–H and O–H groups in total. The minimum atomic E-state index is 0.638. The number of nitrogens with two attached hydrogens (primary N) is 1. The van der Waals surface area contributed by atoms with E-state index in [0.29, 0.717) is 6.54 Å². The van der Waals surface area contributed by atoms with Crippen molar-refractivity contribution in [3.8, 4) is 0 Å². The summed E-state index contributed by atoms with van der Waals surface area (Å²) in [4.78, 5) is 8.94. The number of hydrogen-bond donors (Lipinski definition) is 2. The Morgan fingerprint density at radius 1 is 1.33 bits per heavy atom. The summed E-state index contributed by atoms with van der Waals surface area (Å²) in [6.45, 7) is 0.638. The molecule has 76 valence electrons. The van der Waals surface area contributed by atoms with Gasteiger partial charge in [-0.2, -0.15) is 0 Å². The number of H-pyrrole nitrogens is 1. The summed E-state index contributed by atoms with van der Waals surface area (Å²) in [6.07, 6.45) is 0.815. The smallest absolute Gasteiger partial charge is 0.142 e. The van der Waals surface area contributed by atoms with Crippen molar-refractivity contribution in [1.29, 1.82) is 0 Å². The van der Waals surface area contributed by atoms with E-state index in [1.807, 2.05) is 0 Å². The van der Waals surface area contributed by atoms with Crippen LogP contribution in [-0.2, 0) is 6.42 Å². The van der Waals surface area contributed by atoms with Crippen molar-refractivity contribution in [1.82, 2.24) is 9.97 Å². The first-order valence-corrected chi connectivity index (χ1v) is 5.76. The first-order valence-electron chi connectivity index (χ1n) is 4.94. The zero-order valence-corrected chi connectivity index (χ0v) is 8.97. The van der Waals surface area contributed by atoms with Crippen molar-refractivity contribution in [2.24, 2.45) is 5.73 Å². The standard InChI is InChI=1S/C11H11N3S/c12-6-5-9-13-10-7-3-1-2-4-8(7)15-11(10)14-9/h1-4H,5-6,12H2,(H,13,14). The lowest BCUT2D eigenvalue weighted by molar-refractivity contribution is 0.901. The number of nitrogens with zero attached hydrogens (tertiary/aromatic N) is 1. The van der Waals surface area contributed by atoms with Gasteiger partial charge in [0, 0.05) is 16.5 Å². The van der Waals surface area contributed by atoms with E-state index in [4.69, 9.17) is 5.73 Å². The number of thiophene rings is 1. The summed E-state index contributed by atoms with van der Waals surface area (Å²) in [5.41, 5.74) is 6.66. The zero-order valence-electron chi connectivity index (χ0n) is 8.16. The summed E-state index contributed by atoms with van der Waals surface area (Å²) in [6, 6.07) is 8.35. The molecule has 0 unspecified atom stereocenters. The third-order valence-electron chi connectivity index (χ3n) is 2.46. The molecule has 0 amide bonds. The van der Waals surface area contributed by atoms with Gasteiger partial charge in [-0.15, -0.1) is 11.3 Å². The number of nitrogens with one attached hydrogen (secondary N) is 1. The molecule has 4 heteroatoms. The van der Waals surface area contributed by atoms with Crippen LogP contribution in [0.3, 0.4) is 0 Å². The van der Waals surface area contributed by atoms with Crippen molar-refractivity contribution in [3.63, 3.8) is 0 Å². The zero-order chi connectivity index (χ0) is 10.3. The van der Waals surface area contributed by atoms with Crippen LogP contribution in [0.15, 0.2) is 24.3 Å². The Morgan fingerprint density at radius 3 is 3.07 bits per heavy atom. The lowest BCUT2D eigenvalue weighted by Gasteiger charge is -1.90. The maximum Gasteiger partial charge on any atom is 0.142 e. The Kier molecular flexibility index (Phi) is 1.97. The number of fused-ring (bicyclic) bond motifs is 3. The molecule has 0 spiro atoms. The van der Waals surface area contributed by atoms with Gasteiger partial charge in [0.2, 0.25) is 0 Å². The summed E-state index contributed by atoms with van der Waals surface area (Å²) in [7, 11) is 0. The number of aromatic nitrogens is 2. The molecule has 15 heavy (non-hydrogen) atoms. The maximum absolute atomic E-state index is 5.51. The van der Waals surface area contributed by atoms with Gasteiger partial charge in [-0.1, -0.05) is 18.2 Å². The van der Waals surface area contributed by atoms with E-state index in [0.717, 1.165) is 22.6 Å². The molecule has 0 fully saturated rings. The van der Waals surface area contributed by atoms with Crippen LogP contribution in [0.4, 0.5) is 0 Å². The van der Waals surface area contributed by atoms with Crippen LogP contribution in [0, 0.1) is 0 Å². The summed E-state index contributed by atoms with van der Waals surface area (Å²) < 4.78 is 1.28. The molecule has 2 heterocycles. The van der Waals surface area contributed by atoms with Gasteiger partial charge in [0.25, 0.3) is 0 Å². The Hall–Kier alpha value is -1.39. The molecular formula is C11H11N3S. The highest BCUT2D eigenvalue weighted by Gasteiger charge is 2.08. The van der Waals surface area contributed by atoms with Gasteiger partial charge in [0.15, 0.2) is 0 Å². The van der Waals surface area contributed by atoms with Crippen LogP contribution in [-0.4, -0.2) is 16.5 Å². The van der Waals surface area contributed by atoms with Gasteiger partial charge in [-0.25, -0.2) is 4.98 Å². The molecule has 0 atom stereocenters. The van der Waals surface area contributed by atoms with E-state index >= 15 is 0 Å². The monoisotopic (exact) mass is 217 g/mol. The van der Waals surface area contributed by atoms with E-state index in [2.05, 4.69) is 34.2 Å². The Morgan fingerprint density at radius 2 is 2.20 bits per heavy atom.